The van der Waals surface area contributed by atoms with Gasteiger partial charge in [0, 0.05) is 6.42 Å². The van der Waals surface area contributed by atoms with Gasteiger partial charge in [-0.1, -0.05) is 13.0 Å². The van der Waals surface area contributed by atoms with Crippen molar-refractivity contribution < 1.29 is 13.2 Å². The Labute approximate surface area is 98.4 Å². The fraction of sp³-hybridized carbons (Fsp3) is 0.417. The van der Waals surface area contributed by atoms with Gasteiger partial charge in [0.25, 0.3) is 0 Å². The van der Waals surface area contributed by atoms with Crippen molar-refractivity contribution in [2.45, 2.75) is 32.9 Å². The van der Waals surface area contributed by atoms with E-state index in [0.717, 1.165) is 18.6 Å². The Bertz CT molecular complexity index is 422. The number of aliphatic imine (C=N–C) groups is 1. The third-order valence-electron chi connectivity index (χ3n) is 2.31. The fourth-order valence-corrected chi connectivity index (χ4v) is 1.37. The van der Waals surface area contributed by atoms with Gasteiger partial charge in [0.2, 0.25) is 0 Å². The molecule has 2 nitrogen and oxygen atoms in total. The lowest BCUT2D eigenvalue weighted by Gasteiger charge is -2.09. The molecular weight excluding hydrogens is 229 g/mol. The number of rotatable bonds is 3. The minimum absolute atomic E-state index is 0.283. The van der Waals surface area contributed by atoms with E-state index >= 15 is 0 Å². The van der Waals surface area contributed by atoms with Gasteiger partial charge in [-0.3, -0.25) is 0 Å². The average molecular weight is 244 g/mol. The SMILES string of the molecule is CCCC(N)=Nc1cc(C(F)(F)F)ccc1C. The molecular formula is C12H15F3N2. The van der Waals surface area contributed by atoms with Gasteiger partial charge in [-0.05, 0) is 31.0 Å². The van der Waals surface area contributed by atoms with E-state index in [-0.39, 0.29) is 5.69 Å². The molecule has 0 spiro atoms. The molecule has 0 fully saturated rings. The van der Waals surface area contributed by atoms with Gasteiger partial charge < -0.3 is 5.73 Å². The highest BCUT2D eigenvalue weighted by Gasteiger charge is 2.30. The summed E-state index contributed by atoms with van der Waals surface area (Å²) in [6, 6.07) is 3.48. The van der Waals surface area contributed by atoms with Gasteiger partial charge in [-0.25, -0.2) is 4.99 Å². The van der Waals surface area contributed by atoms with Crippen molar-refractivity contribution in [3.05, 3.63) is 29.3 Å². The van der Waals surface area contributed by atoms with Crippen molar-refractivity contribution in [2.24, 2.45) is 10.7 Å². The van der Waals surface area contributed by atoms with Crippen molar-refractivity contribution in [1.82, 2.24) is 0 Å². The van der Waals surface area contributed by atoms with Crippen LogP contribution in [0.3, 0.4) is 0 Å². The molecule has 0 unspecified atom stereocenters. The maximum absolute atomic E-state index is 12.5. The molecule has 0 heterocycles. The largest absolute Gasteiger partial charge is 0.416 e. The fourth-order valence-electron chi connectivity index (χ4n) is 1.37. The lowest BCUT2D eigenvalue weighted by atomic mass is 10.1. The second kappa shape index (κ2) is 5.21. The summed E-state index contributed by atoms with van der Waals surface area (Å²) in [5.41, 5.74) is 5.87. The van der Waals surface area contributed by atoms with Crippen LogP contribution in [0.15, 0.2) is 23.2 Å². The lowest BCUT2D eigenvalue weighted by molar-refractivity contribution is -0.137. The Balaban J connectivity index is 3.11. The molecule has 2 N–H and O–H groups in total. The number of halogens is 3. The number of nitrogens with two attached hydrogens (primary N) is 1. The number of benzene rings is 1. The summed E-state index contributed by atoms with van der Waals surface area (Å²) in [5.74, 6) is 0.356. The minimum Gasteiger partial charge on any atom is -0.387 e. The highest BCUT2D eigenvalue weighted by atomic mass is 19.4. The van der Waals surface area contributed by atoms with E-state index in [1.54, 1.807) is 6.92 Å². The maximum Gasteiger partial charge on any atom is 0.416 e. The molecule has 0 aliphatic rings. The Morgan fingerprint density at radius 2 is 2.00 bits per heavy atom. The molecule has 0 saturated heterocycles. The second-order valence-electron chi connectivity index (χ2n) is 3.85. The van der Waals surface area contributed by atoms with Gasteiger partial charge >= 0.3 is 6.18 Å². The summed E-state index contributed by atoms with van der Waals surface area (Å²) in [4.78, 5) is 4.02. The van der Waals surface area contributed by atoms with E-state index in [4.69, 9.17) is 5.73 Å². The summed E-state index contributed by atoms with van der Waals surface area (Å²) in [5, 5.41) is 0. The van der Waals surface area contributed by atoms with Gasteiger partial charge in [-0.15, -0.1) is 0 Å². The molecule has 0 amide bonds. The normalized spacial score (nSPS) is 12.9. The van der Waals surface area contributed by atoms with Gasteiger partial charge in [0.1, 0.15) is 0 Å². The van der Waals surface area contributed by atoms with Crippen molar-refractivity contribution in [2.75, 3.05) is 0 Å². The third kappa shape index (κ3) is 3.76. The van der Waals surface area contributed by atoms with E-state index in [0.29, 0.717) is 17.8 Å². The zero-order valence-corrected chi connectivity index (χ0v) is 9.80. The summed E-state index contributed by atoms with van der Waals surface area (Å²) < 4.78 is 37.5. The van der Waals surface area contributed by atoms with Crippen LogP contribution in [-0.4, -0.2) is 5.84 Å². The first kappa shape index (κ1) is 13.5. The molecule has 0 radical (unpaired) electrons. The van der Waals surface area contributed by atoms with Crippen molar-refractivity contribution in [3.8, 4) is 0 Å². The third-order valence-corrected chi connectivity index (χ3v) is 2.31. The molecule has 0 bridgehead atoms. The molecule has 0 atom stereocenters. The van der Waals surface area contributed by atoms with Gasteiger partial charge in [0.15, 0.2) is 0 Å². The monoisotopic (exact) mass is 244 g/mol. The lowest BCUT2D eigenvalue weighted by Crippen LogP contribution is -2.10. The molecule has 94 valence electrons. The number of aryl methyl sites for hydroxylation is 1. The second-order valence-corrected chi connectivity index (χ2v) is 3.85. The minimum atomic E-state index is -4.35. The van der Waals surface area contributed by atoms with E-state index < -0.39 is 11.7 Å². The van der Waals surface area contributed by atoms with Crippen LogP contribution in [0.2, 0.25) is 0 Å². The van der Waals surface area contributed by atoms with E-state index in [1.165, 1.54) is 6.07 Å². The summed E-state index contributed by atoms with van der Waals surface area (Å²) in [6.07, 6.45) is -2.96. The first-order chi connectivity index (χ1) is 7.84. The van der Waals surface area contributed by atoms with Crippen LogP contribution in [0.4, 0.5) is 18.9 Å². The summed E-state index contributed by atoms with van der Waals surface area (Å²) >= 11 is 0. The molecule has 0 aromatic heterocycles. The molecule has 0 saturated carbocycles. The predicted molar refractivity (Wildman–Crippen MR) is 62.4 cm³/mol. The first-order valence-corrected chi connectivity index (χ1v) is 5.35. The molecule has 1 aromatic carbocycles. The van der Waals surface area contributed by atoms with E-state index in [2.05, 4.69) is 4.99 Å². The smallest absolute Gasteiger partial charge is 0.387 e. The topological polar surface area (TPSA) is 38.4 Å². The van der Waals surface area contributed by atoms with E-state index in [1.807, 2.05) is 6.92 Å². The molecule has 1 rings (SSSR count). The number of alkyl halides is 3. The number of amidine groups is 1. The highest BCUT2D eigenvalue weighted by molar-refractivity contribution is 5.83. The molecule has 0 aliphatic heterocycles. The van der Waals surface area contributed by atoms with Crippen molar-refractivity contribution in [1.29, 1.82) is 0 Å². The van der Waals surface area contributed by atoms with Crippen LogP contribution in [0.5, 0.6) is 0 Å². The zero-order chi connectivity index (χ0) is 13.1. The number of hydrogen-bond donors (Lipinski definition) is 1. The highest BCUT2D eigenvalue weighted by Crippen LogP contribution is 2.33. The van der Waals surface area contributed by atoms with Crippen LogP contribution in [0.25, 0.3) is 0 Å². The van der Waals surface area contributed by atoms with Crippen LogP contribution < -0.4 is 5.73 Å². The van der Waals surface area contributed by atoms with Gasteiger partial charge in [-0.2, -0.15) is 13.2 Å². The van der Waals surface area contributed by atoms with Crippen LogP contribution in [0.1, 0.15) is 30.9 Å². The number of nitrogens with zero attached hydrogens (tertiary/aromatic N) is 1. The first-order valence-electron chi connectivity index (χ1n) is 5.35. The van der Waals surface area contributed by atoms with Crippen molar-refractivity contribution in [3.63, 3.8) is 0 Å². The zero-order valence-electron chi connectivity index (χ0n) is 9.80. The molecule has 0 aliphatic carbocycles. The van der Waals surface area contributed by atoms with Crippen LogP contribution in [-0.2, 0) is 6.18 Å². The Morgan fingerprint density at radius 1 is 1.35 bits per heavy atom. The Kier molecular flexibility index (Phi) is 4.15. The molecule has 17 heavy (non-hydrogen) atoms. The molecule has 1 aromatic rings. The summed E-state index contributed by atoms with van der Waals surface area (Å²) in [6.45, 7) is 3.64. The predicted octanol–water partition coefficient (Wildman–Crippen LogP) is 3.80. The number of hydrogen-bond acceptors (Lipinski definition) is 1. The van der Waals surface area contributed by atoms with Crippen molar-refractivity contribution >= 4 is 11.5 Å². The van der Waals surface area contributed by atoms with Gasteiger partial charge in [0.05, 0.1) is 17.1 Å². The van der Waals surface area contributed by atoms with Crippen LogP contribution in [0, 0.1) is 6.92 Å². The quantitative estimate of drug-likeness (QED) is 0.637. The Hall–Kier alpha value is -1.52. The standard InChI is InChI=1S/C12H15F3N2/c1-3-4-11(16)17-10-7-9(12(13,14)15)6-5-8(10)2/h5-7H,3-4H2,1-2H3,(H2,16,17). The maximum atomic E-state index is 12.5. The Morgan fingerprint density at radius 3 is 2.53 bits per heavy atom. The summed E-state index contributed by atoms with van der Waals surface area (Å²) in [7, 11) is 0. The van der Waals surface area contributed by atoms with Crippen LogP contribution >= 0.6 is 0 Å². The molecule has 5 heteroatoms. The average Bonchev–Trinajstić information content (AvgIpc) is 2.20. The van der Waals surface area contributed by atoms with E-state index in [9.17, 15) is 13.2 Å².